The number of hydrogen-bond acceptors (Lipinski definition) is 4. The minimum Gasteiger partial charge on any atom is -0.307 e. The van der Waals surface area contributed by atoms with Crippen LogP contribution in [0.3, 0.4) is 0 Å². The Morgan fingerprint density at radius 3 is 2.86 bits per heavy atom. The molecule has 2 rings (SSSR count). The van der Waals surface area contributed by atoms with E-state index in [1.54, 1.807) is 6.26 Å². The average molecular weight is 333 g/mol. The molecule has 21 heavy (non-hydrogen) atoms. The third-order valence-corrected chi connectivity index (χ3v) is 6.31. The van der Waals surface area contributed by atoms with Crippen LogP contribution in [-0.4, -0.2) is 36.4 Å². The van der Waals surface area contributed by atoms with Crippen molar-refractivity contribution in [2.75, 3.05) is 17.8 Å². The number of rotatable bonds is 5. The van der Waals surface area contributed by atoms with Crippen LogP contribution in [0.2, 0.25) is 0 Å². The molecule has 0 saturated carbocycles. The summed E-state index contributed by atoms with van der Waals surface area (Å²) in [5.74, 6) is 0.227. The second-order valence-corrected chi connectivity index (χ2v) is 9.11. The Hall–Kier alpha value is -0.790. The van der Waals surface area contributed by atoms with Crippen molar-refractivity contribution in [1.29, 1.82) is 0 Å². The minimum atomic E-state index is -3.31. The molecule has 3 atom stereocenters. The summed E-state index contributed by atoms with van der Waals surface area (Å²) >= 11 is 0. The van der Waals surface area contributed by atoms with Gasteiger partial charge in [-0.3, -0.25) is 4.21 Å². The molecule has 0 spiro atoms. The first-order valence-electron chi connectivity index (χ1n) is 6.88. The lowest BCUT2D eigenvalue weighted by atomic mass is 10.0. The lowest BCUT2D eigenvalue weighted by molar-refractivity contribution is 0.424. The van der Waals surface area contributed by atoms with E-state index in [1.807, 2.05) is 6.92 Å². The topological polar surface area (TPSA) is 63.2 Å². The predicted octanol–water partition coefficient (Wildman–Crippen LogP) is 1.79. The van der Waals surface area contributed by atoms with E-state index in [2.05, 4.69) is 5.32 Å². The summed E-state index contributed by atoms with van der Waals surface area (Å²) in [5.41, 5.74) is 0.505. The van der Waals surface area contributed by atoms with E-state index in [1.165, 1.54) is 18.2 Å². The van der Waals surface area contributed by atoms with Gasteiger partial charge in [-0.2, -0.15) is 0 Å². The van der Waals surface area contributed by atoms with Crippen LogP contribution >= 0.6 is 0 Å². The third-order valence-electron chi connectivity index (χ3n) is 3.68. The zero-order valence-corrected chi connectivity index (χ0v) is 13.8. The molecule has 4 nitrogen and oxygen atoms in total. The standard InChI is InChI=1S/C14H20FNO3S2/c1-10(5-7-20(2)17)16-13-6-8-21(18,19)14-4-3-11(15)9-12(13)14/h3-4,9-10,13,16H,5-8H2,1-2H3. The molecular formula is C14H20FNO3S2. The Labute approximate surface area is 127 Å². The van der Waals surface area contributed by atoms with Crippen LogP contribution in [0.5, 0.6) is 0 Å². The van der Waals surface area contributed by atoms with Crippen molar-refractivity contribution < 1.29 is 17.0 Å². The van der Waals surface area contributed by atoms with Crippen LogP contribution in [0.25, 0.3) is 0 Å². The maximum Gasteiger partial charge on any atom is 0.178 e. The van der Waals surface area contributed by atoms with E-state index < -0.39 is 26.5 Å². The zero-order valence-electron chi connectivity index (χ0n) is 12.1. The maximum absolute atomic E-state index is 13.4. The molecule has 0 amide bonds. The molecule has 0 bridgehead atoms. The van der Waals surface area contributed by atoms with Crippen molar-refractivity contribution in [1.82, 2.24) is 5.32 Å². The first-order valence-corrected chi connectivity index (χ1v) is 10.3. The molecule has 0 aromatic heterocycles. The van der Waals surface area contributed by atoms with Gasteiger partial charge in [-0.05, 0) is 43.5 Å². The molecule has 1 aromatic rings. The van der Waals surface area contributed by atoms with Crippen LogP contribution < -0.4 is 5.32 Å². The van der Waals surface area contributed by atoms with Gasteiger partial charge in [0.15, 0.2) is 9.84 Å². The van der Waals surface area contributed by atoms with Crippen molar-refractivity contribution in [2.24, 2.45) is 0 Å². The Kier molecular flexibility index (Phi) is 5.16. The number of halogens is 1. The Morgan fingerprint density at radius 1 is 1.48 bits per heavy atom. The van der Waals surface area contributed by atoms with Crippen molar-refractivity contribution in [3.8, 4) is 0 Å². The van der Waals surface area contributed by atoms with E-state index in [0.717, 1.165) is 6.42 Å². The minimum absolute atomic E-state index is 0.0652. The smallest absolute Gasteiger partial charge is 0.178 e. The molecular weight excluding hydrogens is 313 g/mol. The van der Waals surface area contributed by atoms with E-state index in [0.29, 0.717) is 17.7 Å². The summed E-state index contributed by atoms with van der Waals surface area (Å²) in [6.45, 7) is 1.97. The maximum atomic E-state index is 13.4. The normalized spacial score (nSPS) is 23.3. The van der Waals surface area contributed by atoms with Crippen LogP contribution in [0.4, 0.5) is 4.39 Å². The van der Waals surface area contributed by atoms with E-state index in [-0.39, 0.29) is 22.7 Å². The number of nitrogens with one attached hydrogen (secondary N) is 1. The lowest BCUT2D eigenvalue weighted by Gasteiger charge is -2.29. The lowest BCUT2D eigenvalue weighted by Crippen LogP contribution is -2.36. The Morgan fingerprint density at radius 2 is 2.19 bits per heavy atom. The summed E-state index contributed by atoms with van der Waals surface area (Å²) < 4.78 is 48.7. The first kappa shape index (κ1) is 16.6. The quantitative estimate of drug-likeness (QED) is 0.835. The Bertz CT molecular complexity index is 646. The summed E-state index contributed by atoms with van der Waals surface area (Å²) in [5, 5.41) is 3.33. The number of hydrogen-bond donors (Lipinski definition) is 1. The summed E-state index contributed by atoms with van der Waals surface area (Å²) in [7, 11) is -4.16. The highest BCUT2D eigenvalue weighted by Gasteiger charge is 2.31. The van der Waals surface area contributed by atoms with E-state index >= 15 is 0 Å². The van der Waals surface area contributed by atoms with Crippen molar-refractivity contribution in [3.63, 3.8) is 0 Å². The molecule has 1 aromatic carbocycles. The predicted molar refractivity (Wildman–Crippen MR) is 82.0 cm³/mol. The third kappa shape index (κ3) is 4.11. The fourth-order valence-electron chi connectivity index (χ4n) is 2.56. The molecule has 0 aliphatic carbocycles. The molecule has 118 valence electrons. The van der Waals surface area contributed by atoms with Gasteiger partial charge in [0.1, 0.15) is 5.82 Å². The summed E-state index contributed by atoms with van der Waals surface area (Å²) in [6.07, 6.45) is 2.82. The average Bonchev–Trinajstić information content (AvgIpc) is 2.39. The van der Waals surface area contributed by atoms with Crippen molar-refractivity contribution in [2.45, 2.75) is 36.7 Å². The molecule has 7 heteroatoms. The van der Waals surface area contributed by atoms with Gasteiger partial charge in [0.25, 0.3) is 0 Å². The fraction of sp³-hybridized carbons (Fsp3) is 0.571. The molecule has 1 heterocycles. The molecule has 1 aliphatic rings. The van der Waals surface area contributed by atoms with Crippen LogP contribution in [0.1, 0.15) is 31.4 Å². The molecule has 1 aliphatic heterocycles. The van der Waals surface area contributed by atoms with Gasteiger partial charge in [0.05, 0.1) is 10.6 Å². The van der Waals surface area contributed by atoms with Gasteiger partial charge in [0.2, 0.25) is 0 Å². The summed E-state index contributed by atoms with van der Waals surface area (Å²) in [6, 6.07) is 3.74. The zero-order chi connectivity index (χ0) is 15.6. The van der Waals surface area contributed by atoms with Crippen molar-refractivity contribution >= 4 is 20.6 Å². The largest absolute Gasteiger partial charge is 0.307 e. The monoisotopic (exact) mass is 333 g/mol. The summed E-state index contributed by atoms with van der Waals surface area (Å²) in [4.78, 5) is 0.221. The molecule has 0 fully saturated rings. The van der Waals surface area contributed by atoms with E-state index in [4.69, 9.17) is 0 Å². The van der Waals surface area contributed by atoms with Gasteiger partial charge in [0, 0.05) is 34.9 Å². The van der Waals surface area contributed by atoms with Gasteiger partial charge in [-0.15, -0.1) is 0 Å². The first-order chi connectivity index (χ1) is 9.79. The van der Waals surface area contributed by atoms with Gasteiger partial charge in [-0.25, -0.2) is 12.8 Å². The van der Waals surface area contributed by atoms with Crippen molar-refractivity contribution in [3.05, 3.63) is 29.6 Å². The highest BCUT2D eigenvalue weighted by molar-refractivity contribution is 7.91. The SMILES string of the molecule is CC(CCS(C)=O)NC1CCS(=O)(=O)c2ccc(F)cc21. The highest BCUT2D eigenvalue weighted by Crippen LogP contribution is 2.33. The second-order valence-electron chi connectivity index (χ2n) is 5.48. The van der Waals surface area contributed by atoms with Gasteiger partial charge in [-0.1, -0.05) is 0 Å². The second kappa shape index (κ2) is 6.54. The van der Waals surface area contributed by atoms with E-state index in [9.17, 15) is 17.0 Å². The Balaban J connectivity index is 2.19. The highest BCUT2D eigenvalue weighted by atomic mass is 32.2. The van der Waals surface area contributed by atoms with Gasteiger partial charge >= 0.3 is 0 Å². The van der Waals surface area contributed by atoms with Crippen LogP contribution in [0.15, 0.2) is 23.1 Å². The number of benzene rings is 1. The number of fused-ring (bicyclic) bond motifs is 1. The molecule has 0 radical (unpaired) electrons. The molecule has 3 unspecified atom stereocenters. The van der Waals surface area contributed by atoms with Crippen LogP contribution in [0, 0.1) is 5.82 Å². The van der Waals surface area contributed by atoms with Crippen LogP contribution in [-0.2, 0) is 20.6 Å². The van der Waals surface area contributed by atoms with Gasteiger partial charge < -0.3 is 5.32 Å². The molecule has 1 N–H and O–H groups in total. The molecule has 0 saturated heterocycles. The fourth-order valence-corrected chi connectivity index (χ4v) is 4.84. The number of sulfone groups is 1.